The highest BCUT2D eigenvalue weighted by Gasteiger charge is 2.28. The summed E-state index contributed by atoms with van der Waals surface area (Å²) in [6.45, 7) is 5.91. The Morgan fingerprint density at radius 3 is 2.35 bits per heavy atom. The van der Waals surface area contributed by atoms with Crippen LogP contribution in [0.3, 0.4) is 0 Å². The lowest BCUT2D eigenvalue weighted by atomic mass is 9.92. The van der Waals surface area contributed by atoms with Crippen molar-refractivity contribution < 1.29 is 28.2 Å². The lowest BCUT2D eigenvalue weighted by molar-refractivity contribution is -0.115. The molecule has 34 heavy (non-hydrogen) atoms. The van der Waals surface area contributed by atoms with E-state index in [0.29, 0.717) is 34.1 Å². The van der Waals surface area contributed by atoms with Crippen LogP contribution < -0.4 is 29.9 Å². The van der Waals surface area contributed by atoms with Gasteiger partial charge in [-0.05, 0) is 50.8 Å². The third kappa shape index (κ3) is 4.40. The summed E-state index contributed by atoms with van der Waals surface area (Å²) in [5, 5.41) is 3.60. The Kier molecular flexibility index (Phi) is 6.17. The Morgan fingerprint density at radius 1 is 1.06 bits per heavy atom. The number of hydrogen-bond donors (Lipinski definition) is 1. The average molecular weight is 468 g/mol. The number of benzene rings is 2. The minimum Gasteiger partial charge on any atom is -0.493 e. The van der Waals surface area contributed by atoms with E-state index in [4.69, 9.17) is 23.4 Å². The van der Waals surface area contributed by atoms with Gasteiger partial charge in [0, 0.05) is 29.3 Å². The molecule has 3 aromatic rings. The number of rotatable bonds is 6. The first kappa shape index (κ1) is 23.5. The number of amides is 1. The summed E-state index contributed by atoms with van der Waals surface area (Å²) in [5.74, 6) is 1.61. The van der Waals surface area contributed by atoms with E-state index < -0.39 is 5.63 Å². The van der Waals surface area contributed by atoms with Crippen molar-refractivity contribution in [2.45, 2.75) is 45.6 Å². The highest BCUT2D eigenvalue weighted by atomic mass is 16.5. The minimum absolute atomic E-state index is 0.138. The molecule has 1 amide bonds. The molecule has 8 nitrogen and oxygen atoms in total. The quantitative estimate of drug-likeness (QED) is 0.537. The fraction of sp³-hybridized carbons (Fsp3) is 0.385. The average Bonchev–Trinajstić information content (AvgIpc) is 2.79. The Bertz CT molecular complexity index is 1300. The van der Waals surface area contributed by atoms with E-state index in [-0.39, 0.29) is 17.9 Å². The Morgan fingerprint density at radius 2 is 1.74 bits per heavy atom. The van der Waals surface area contributed by atoms with Crippen LogP contribution in [0.25, 0.3) is 11.0 Å². The lowest BCUT2D eigenvalue weighted by Gasteiger charge is -2.32. The number of anilines is 1. The first-order valence-electron chi connectivity index (χ1n) is 11.0. The SMILES string of the molecule is COc1cc(NC(=O)Cc2c(C)c3cc4c(cc3oc2=O)OC(C)(C)CC4)cc(OC)c1OC. The monoisotopic (exact) mass is 467 g/mol. The van der Waals surface area contributed by atoms with Crippen LogP contribution >= 0.6 is 0 Å². The predicted octanol–water partition coefficient (Wildman–Crippen LogP) is 4.41. The van der Waals surface area contributed by atoms with Crippen molar-refractivity contribution in [2.75, 3.05) is 26.6 Å². The third-order valence-electron chi connectivity index (χ3n) is 6.14. The van der Waals surface area contributed by atoms with Crippen LogP contribution in [-0.2, 0) is 17.6 Å². The molecule has 2 heterocycles. The molecule has 1 aromatic heterocycles. The standard InChI is InChI=1S/C26H29NO7/c1-14-17-9-15-7-8-26(2,3)34-19(15)13-20(17)33-25(29)18(14)12-23(28)27-16-10-21(30-4)24(32-6)22(11-16)31-5/h9-11,13H,7-8,12H2,1-6H3,(H,27,28). The topological polar surface area (TPSA) is 96.2 Å². The van der Waals surface area contributed by atoms with Crippen molar-refractivity contribution in [2.24, 2.45) is 0 Å². The van der Waals surface area contributed by atoms with Crippen molar-refractivity contribution >= 4 is 22.6 Å². The lowest BCUT2D eigenvalue weighted by Crippen LogP contribution is -2.32. The van der Waals surface area contributed by atoms with E-state index >= 15 is 0 Å². The molecular weight excluding hydrogens is 438 g/mol. The Labute approximate surface area is 197 Å². The van der Waals surface area contributed by atoms with Gasteiger partial charge in [-0.15, -0.1) is 0 Å². The van der Waals surface area contributed by atoms with Crippen LogP contribution in [0.2, 0.25) is 0 Å². The molecule has 8 heteroatoms. The normalized spacial score (nSPS) is 14.2. The summed E-state index contributed by atoms with van der Waals surface area (Å²) in [7, 11) is 4.50. The second-order valence-electron chi connectivity index (χ2n) is 8.95. The summed E-state index contributed by atoms with van der Waals surface area (Å²) >= 11 is 0. The Hall–Kier alpha value is -3.68. The van der Waals surface area contributed by atoms with Crippen molar-refractivity contribution in [3.63, 3.8) is 0 Å². The van der Waals surface area contributed by atoms with Gasteiger partial charge in [0.25, 0.3) is 0 Å². The van der Waals surface area contributed by atoms with Crippen LogP contribution in [0.5, 0.6) is 23.0 Å². The number of ether oxygens (including phenoxy) is 4. The van der Waals surface area contributed by atoms with Crippen LogP contribution in [-0.4, -0.2) is 32.8 Å². The van der Waals surface area contributed by atoms with Crippen LogP contribution in [0.4, 0.5) is 5.69 Å². The Balaban J connectivity index is 1.63. The molecule has 0 aliphatic carbocycles. The molecule has 0 radical (unpaired) electrons. The van der Waals surface area contributed by atoms with Gasteiger partial charge < -0.3 is 28.7 Å². The number of methoxy groups -OCH3 is 3. The fourth-order valence-corrected chi connectivity index (χ4v) is 4.26. The van der Waals surface area contributed by atoms with E-state index in [2.05, 4.69) is 5.32 Å². The van der Waals surface area contributed by atoms with E-state index in [0.717, 1.165) is 35.1 Å². The predicted molar refractivity (Wildman–Crippen MR) is 129 cm³/mol. The highest BCUT2D eigenvalue weighted by Crippen LogP contribution is 2.40. The van der Waals surface area contributed by atoms with E-state index in [1.54, 1.807) is 18.2 Å². The maximum absolute atomic E-state index is 12.9. The molecular formula is C26H29NO7. The van der Waals surface area contributed by atoms with Gasteiger partial charge >= 0.3 is 5.63 Å². The maximum Gasteiger partial charge on any atom is 0.340 e. The highest BCUT2D eigenvalue weighted by molar-refractivity contribution is 5.94. The zero-order valence-corrected chi connectivity index (χ0v) is 20.3. The van der Waals surface area contributed by atoms with Gasteiger partial charge in [-0.1, -0.05) is 0 Å². The minimum atomic E-state index is -0.542. The van der Waals surface area contributed by atoms with Gasteiger partial charge in [0.15, 0.2) is 11.5 Å². The summed E-state index contributed by atoms with van der Waals surface area (Å²) in [5.41, 5.74) is 2.20. The van der Waals surface area contributed by atoms with Gasteiger partial charge in [-0.3, -0.25) is 4.79 Å². The first-order valence-corrected chi connectivity index (χ1v) is 11.0. The van der Waals surface area contributed by atoms with Crippen molar-refractivity contribution in [3.8, 4) is 23.0 Å². The van der Waals surface area contributed by atoms with Gasteiger partial charge in [-0.25, -0.2) is 4.79 Å². The number of fused-ring (bicyclic) bond motifs is 2. The van der Waals surface area contributed by atoms with Crippen LogP contribution in [0, 0.1) is 6.92 Å². The van der Waals surface area contributed by atoms with E-state index in [1.165, 1.54) is 21.3 Å². The molecule has 0 unspecified atom stereocenters. The first-order chi connectivity index (χ1) is 16.2. The second kappa shape index (κ2) is 8.93. The molecule has 0 fully saturated rings. The molecule has 180 valence electrons. The van der Waals surface area contributed by atoms with E-state index in [9.17, 15) is 9.59 Å². The molecule has 2 aromatic carbocycles. The molecule has 4 rings (SSSR count). The van der Waals surface area contributed by atoms with Gasteiger partial charge in [0.05, 0.1) is 33.3 Å². The fourth-order valence-electron chi connectivity index (χ4n) is 4.26. The summed E-state index contributed by atoms with van der Waals surface area (Å²) in [6.07, 6.45) is 1.63. The van der Waals surface area contributed by atoms with Crippen LogP contribution in [0.15, 0.2) is 33.5 Å². The summed E-state index contributed by atoms with van der Waals surface area (Å²) in [6, 6.07) is 7.03. The molecule has 1 aliphatic rings. The smallest absolute Gasteiger partial charge is 0.340 e. The largest absolute Gasteiger partial charge is 0.493 e. The number of nitrogens with one attached hydrogen (secondary N) is 1. The molecule has 0 spiro atoms. The molecule has 0 saturated carbocycles. The van der Waals surface area contributed by atoms with Gasteiger partial charge in [0.1, 0.15) is 16.9 Å². The molecule has 0 atom stereocenters. The van der Waals surface area contributed by atoms with Gasteiger partial charge in [0.2, 0.25) is 11.7 Å². The summed E-state index contributed by atoms with van der Waals surface area (Å²) in [4.78, 5) is 25.6. The molecule has 0 bridgehead atoms. The molecule has 0 saturated heterocycles. The number of aryl methyl sites for hydroxylation is 2. The van der Waals surface area contributed by atoms with Crippen molar-refractivity contribution in [1.29, 1.82) is 0 Å². The van der Waals surface area contributed by atoms with E-state index in [1.807, 2.05) is 26.8 Å². The van der Waals surface area contributed by atoms with Crippen molar-refractivity contribution in [3.05, 3.63) is 51.4 Å². The zero-order chi connectivity index (χ0) is 24.6. The number of hydrogen-bond acceptors (Lipinski definition) is 7. The molecule has 1 aliphatic heterocycles. The number of carbonyl (C=O) groups is 1. The summed E-state index contributed by atoms with van der Waals surface area (Å²) < 4.78 is 27.6. The molecule has 1 N–H and O–H groups in total. The third-order valence-corrected chi connectivity index (χ3v) is 6.14. The van der Waals surface area contributed by atoms with Crippen molar-refractivity contribution in [1.82, 2.24) is 0 Å². The zero-order valence-electron chi connectivity index (χ0n) is 20.3. The number of carbonyl (C=O) groups excluding carboxylic acids is 1. The maximum atomic E-state index is 12.9. The van der Waals surface area contributed by atoms with Gasteiger partial charge in [-0.2, -0.15) is 0 Å². The second-order valence-corrected chi connectivity index (χ2v) is 8.95. The van der Waals surface area contributed by atoms with Crippen LogP contribution in [0.1, 0.15) is 37.0 Å².